The second-order valence-electron chi connectivity index (χ2n) is 3.98. The third-order valence-corrected chi connectivity index (χ3v) is 2.51. The summed E-state index contributed by atoms with van der Waals surface area (Å²) >= 11 is 0. The van der Waals surface area contributed by atoms with Gasteiger partial charge >= 0.3 is 0 Å². The molecule has 0 fully saturated rings. The van der Waals surface area contributed by atoms with Gasteiger partial charge in [0.05, 0.1) is 5.69 Å². The van der Waals surface area contributed by atoms with Crippen LogP contribution in [0.1, 0.15) is 5.56 Å². The molecule has 0 aliphatic carbocycles. The van der Waals surface area contributed by atoms with Gasteiger partial charge in [0.2, 0.25) is 0 Å². The number of rotatable bonds is 2. The average molecular weight is 245 g/mol. The van der Waals surface area contributed by atoms with Crippen molar-refractivity contribution in [2.45, 2.75) is 0 Å². The van der Waals surface area contributed by atoms with Gasteiger partial charge in [-0.3, -0.25) is 0 Å². The lowest BCUT2D eigenvalue weighted by atomic mass is 10.3. The Kier molecular flexibility index (Phi) is 2.90. The van der Waals surface area contributed by atoms with E-state index in [9.17, 15) is 4.39 Å². The maximum atomic E-state index is 12.9. The van der Waals surface area contributed by atoms with Crippen molar-refractivity contribution in [2.24, 2.45) is 0 Å². The van der Waals surface area contributed by atoms with Gasteiger partial charge in [-0.05, 0) is 24.3 Å². The van der Waals surface area contributed by atoms with Gasteiger partial charge in [-0.2, -0.15) is 5.26 Å². The molecular formula is C12H12FN5. The van der Waals surface area contributed by atoms with Crippen LogP contribution < -0.4 is 10.6 Å². The van der Waals surface area contributed by atoms with Gasteiger partial charge in [0.1, 0.15) is 23.3 Å². The molecule has 0 amide bonds. The Labute approximate surface area is 104 Å². The van der Waals surface area contributed by atoms with Crippen LogP contribution in [0.4, 0.5) is 16.0 Å². The third-order valence-electron chi connectivity index (χ3n) is 2.51. The molecule has 0 saturated heterocycles. The van der Waals surface area contributed by atoms with Gasteiger partial charge in [0, 0.05) is 14.1 Å². The number of anilines is 2. The normalized spacial score (nSPS) is 10.1. The van der Waals surface area contributed by atoms with Crippen molar-refractivity contribution in [3.63, 3.8) is 0 Å². The highest BCUT2D eigenvalue weighted by atomic mass is 19.1. The molecule has 0 bridgehead atoms. The molecule has 0 radical (unpaired) electrons. The fourth-order valence-corrected chi connectivity index (χ4v) is 1.62. The summed E-state index contributed by atoms with van der Waals surface area (Å²) in [5, 5.41) is 13.3. The number of nitrogens with two attached hydrogens (primary N) is 1. The van der Waals surface area contributed by atoms with Crippen molar-refractivity contribution in [3.05, 3.63) is 35.6 Å². The molecule has 2 rings (SSSR count). The molecule has 0 aliphatic heterocycles. The summed E-state index contributed by atoms with van der Waals surface area (Å²) in [5.41, 5.74) is 6.80. The van der Waals surface area contributed by atoms with E-state index < -0.39 is 0 Å². The highest BCUT2D eigenvalue weighted by Gasteiger charge is 2.17. The predicted molar refractivity (Wildman–Crippen MR) is 67.0 cm³/mol. The van der Waals surface area contributed by atoms with E-state index in [4.69, 9.17) is 11.0 Å². The quantitative estimate of drug-likeness (QED) is 0.871. The topological polar surface area (TPSA) is 70.9 Å². The summed E-state index contributed by atoms with van der Waals surface area (Å²) in [5.74, 6) is 0.393. The fraction of sp³-hybridized carbons (Fsp3) is 0.167. The van der Waals surface area contributed by atoms with Crippen LogP contribution in [0.15, 0.2) is 24.3 Å². The molecule has 1 heterocycles. The van der Waals surface area contributed by atoms with E-state index in [1.165, 1.54) is 16.8 Å². The van der Waals surface area contributed by atoms with E-state index in [-0.39, 0.29) is 11.6 Å². The van der Waals surface area contributed by atoms with Crippen molar-refractivity contribution in [3.8, 4) is 11.8 Å². The lowest BCUT2D eigenvalue weighted by Crippen LogP contribution is -2.11. The van der Waals surface area contributed by atoms with Gasteiger partial charge in [0.25, 0.3) is 0 Å². The van der Waals surface area contributed by atoms with Gasteiger partial charge in [-0.1, -0.05) is 0 Å². The molecule has 0 atom stereocenters. The minimum atomic E-state index is -0.335. The van der Waals surface area contributed by atoms with Crippen molar-refractivity contribution >= 4 is 11.6 Å². The Morgan fingerprint density at radius 1 is 1.33 bits per heavy atom. The van der Waals surface area contributed by atoms with Crippen molar-refractivity contribution < 1.29 is 4.39 Å². The van der Waals surface area contributed by atoms with E-state index >= 15 is 0 Å². The monoisotopic (exact) mass is 245 g/mol. The molecule has 0 aliphatic rings. The van der Waals surface area contributed by atoms with E-state index in [1.807, 2.05) is 6.07 Å². The molecule has 2 aromatic rings. The molecule has 0 unspecified atom stereocenters. The molecule has 0 saturated carbocycles. The molecule has 6 heteroatoms. The lowest BCUT2D eigenvalue weighted by molar-refractivity contribution is 0.627. The van der Waals surface area contributed by atoms with Gasteiger partial charge in [0.15, 0.2) is 5.82 Å². The van der Waals surface area contributed by atoms with Crippen LogP contribution in [0.2, 0.25) is 0 Å². The number of nitrogens with zero attached hydrogens (tertiary/aromatic N) is 4. The Hall–Kier alpha value is -2.55. The molecule has 1 aromatic carbocycles. The SMILES string of the molecule is CN(C)c1nn(-c2ccc(F)cc2)c(N)c1C#N. The van der Waals surface area contributed by atoms with Crippen molar-refractivity contribution in [1.29, 1.82) is 5.26 Å². The lowest BCUT2D eigenvalue weighted by Gasteiger charge is -2.07. The Morgan fingerprint density at radius 2 is 1.94 bits per heavy atom. The van der Waals surface area contributed by atoms with E-state index in [0.717, 1.165) is 0 Å². The molecule has 1 aromatic heterocycles. The maximum absolute atomic E-state index is 12.9. The van der Waals surface area contributed by atoms with Crippen LogP contribution in [-0.4, -0.2) is 23.9 Å². The molecule has 0 spiro atoms. The zero-order chi connectivity index (χ0) is 13.3. The van der Waals surface area contributed by atoms with Crippen LogP contribution in [-0.2, 0) is 0 Å². The number of hydrogen-bond acceptors (Lipinski definition) is 4. The molecule has 2 N–H and O–H groups in total. The molecule has 18 heavy (non-hydrogen) atoms. The Bertz CT molecular complexity index is 607. The summed E-state index contributed by atoms with van der Waals surface area (Å²) in [7, 11) is 3.55. The first-order chi connectivity index (χ1) is 8.54. The largest absolute Gasteiger partial charge is 0.382 e. The molecule has 92 valence electrons. The summed E-state index contributed by atoms with van der Waals surface area (Å²) in [6.07, 6.45) is 0. The van der Waals surface area contributed by atoms with Crippen LogP contribution in [0.25, 0.3) is 5.69 Å². The third kappa shape index (κ3) is 1.86. The standard InChI is InChI=1S/C12H12FN5/c1-17(2)12-10(7-14)11(15)18(16-12)9-5-3-8(13)4-6-9/h3-6H,15H2,1-2H3. The van der Waals surface area contributed by atoms with E-state index in [2.05, 4.69) is 5.10 Å². The molecule has 5 nitrogen and oxygen atoms in total. The maximum Gasteiger partial charge on any atom is 0.170 e. The number of nitrogen functional groups attached to an aromatic ring is 1. The van der Waals surface area contributed by atoms with E-state index in [1.54, 1.807) is 31.1 Å². The van der Waals surface area contributed by atoms with E-state index in [0.29, 0.717) is 17.1 Å². The zero-order valence-corrected chi connectivity index (χ0v) is 10.1. The van der Waals surface area contributed by atoms with Crippen LogP contribution in [0.3, 0.4) is 0 Å². The summed E-state index contributed by atoms with van der Waals surface area (Å²) in [6, 6.07) is 7.77. The summed E-state index contributed by atoms with van der Waals surface area (Å²) in [6.45, 7) is 0. The van der Waals surface area contributed by atoms with Crippen molar-refractivity contribution in [1.82, 2.24) is 9.78 Å². The summed E-state index contributed by atoms with van der Waals surface area (Å²) < 4.78 is 14.3. The van der Waals surface area contributed by atoms with Gasteiger partial charge in [-0.25, -0.2) is 9.07 Å². The van der Waals surface area contributed by atoms with Gasteiger partial charge < -0.3 is 10.6 Å². The molecular weight excluding hydrogens is 233 g/mol. The minimum absolute atomic E-state index is 0.243. The second kappa shape index (κ2) is 4.37. The number of halogens is 1. The minimum Gasteiger partial charge on any atom is -0.382 e. The fourth-order valence-electron chi connectivity index (χ4n) is 1.62. The highest BCUT2D eigenvalue weighted by molar-refractivity contribution is 5.66. The first kappa shape index (κ1) is 11.9. The van der Waals surface area contributed by atoms with Crippen LogP contribution in [0.5, 0.6) is 0 Å². The number of hydrogen-bond donors (Lipinski definition) is 1. The second-order valence-corrected chi connectivity index (χ2v) is 3.98. The Morgan fingerprint density at radius 3 is 2.39 bits per heavy atom. The number of benzene rings is 1. The smallest absolute Gasteiger partial charge is 0.170 e. The zero-order valence-electron chi connectivity index (χ0n) is 10.1. The average Bonchev–Trinajstić information content (AvgIpc) is 2.67. The first-order valence-electron chi connectivity index (χ1n) is 5.26. The highest BCUT2D eigenvalue weighted by Crippen LogP contribution is 2.25. The first-order valence-corrected chi connectivity index (χ1v) is 5.26. The number of nitriles is 1. The van der Waals surface area contributed by atoms with Crippen molar-refractivity contribution in [2.75, 3.05) is 24.7 Å². The van der Waals surface area contributed by atoms with Crippen LogP contribution in [0, 0.1) is 17.1 Å². The number of aromatic nitrogens is 2. The Balaban J connectivity index is 2.59. The van der Waals surface area contributed by atoms with Crippen LogP contribution >= 0.6 is 0 Å². The predicted octanol–water partition coefficient (Wildman–Crippen LogP) is 1.53. The van der Waals surface area contributed by atoms with Gasteiger partial charge in [-0.15, -0.1) is 5.10 Å². The summed E-state index contributed by atoms with van der Waals surface area (Å²) in [4.78, 5) is 1.70.